The van der Waals surface area contributed by atoms with Crippen molar-refractivity contribution in [2.24, 2.45) is 0 Å². The van der Waals surface area contributed by atoms with Gasteiger partial charge in [0.05, 0.1) is 6.07 Å². The van der Waals surface area contributed by atoms with Gasteiger partial charge in [0.2, 0.25) is 5.91 Å². The van der Waals surface area contributed by atoms with E-state index in [9.17, 15) is 4.79 Å². The molecule has 1 aromatic heterocycles. The van der Waals surface area contributed by atoms with Crippen molar-refractivity contribution in [2.75, 3.05) is 0 Å². The van der Waals surface area contributed by atoms with E-state index in [0.29, 0.717) is 6.54 Å². The minimum absolute atomic E-state index is 0.0958. The summed E-state index contributed by atoms with van der Waals surface area (Å²) >= 11 is 0. The summed E-state index contributed by atoms with van der Waals surface area (Å²) < 4.78 is 0. The number of amides is 1. The average molecular weight is 227 g/mol. The minimum Gasteiger partial charge on any atom is -0.358 e. The maximum atomic E-state index is 11.2. The van der Waals surface area contributed by atoms with Crippen LogP contribution in [0.15, 0.2) is 24.3 Å². The van der Waals surface area contributed by atoms with Crippen LogP contribution >= 0.6 is 0 Å². The topological polar surface area (TPSA) is 68.7 Å². The number of fused-ring (bicyclic) bond motifs is 1. The van der Waals surface area contributed by atoms with Crippen LogP contribution in [0.25, 0.3) is 10.9 Å². The van der Waals surface area contributed by atoms with E-state index in [-0.39, 0.29) is 12.3 Å². The van der Waals surface area contributed by atoms with Gasteiger partial charge in [-0.2, -0.15) is 5.26 Å². The van der Waals surface area contributed by atoms with Crippen molar-refractivity contribution < 1.29 is 4.79 Å². The number of nitrogens with one attached hydrogen (secondary N) is 2. The third-order valence-electron chi connectivity index (χ3n) is 2.73. The molecule has 0 aliphatic carbocycles. The monoisotopic (exact) mass is 227 g/mol. The number of aryl methyl sites for hydroxylation is 1. The number of nitriles is 1. The predicted octanol–water partition coefficient (Wildman–Crippen LogP) is 2.01. The quantitative estimate of drug-likeness (QED) is 0.842. The lowest BCUT2D eigenvalue weighted by Gasteiger charge is -2.03. The van der Waals surface area contributed by atoms with Crippen molar-refractivity contribution in [2.45, 2.75) is 19.9 Å². The Labute approximate surface area is 99.3 Å². The van der Waals surface area contributed by atoms with Crippen LogP contribution in [0.3, 0.4) is 0 Å². The first kappa shape index (κ1) is 11.2. The number of benzene rings is 1. The predicted molar refractivity (Wildman–Crippen MR) is 65.1 cm³/mol. The summed E-state index contributed by atoms with van der Waals surface area (Å²) in [5.74, 6) is -0.239. The molecule has 0 fully saturated rings. The minimum atomic E-state index is -0.239. The average Bonchev–Trinajstić information content (AvgIpc) is 2.62. The highest BCUT2D eigenvalue weighted by atomic mass is 16.1. The number of hydrogen-bond acceptors (Lipinski definition) is 2. The Bertz CT molecular complexity index is 592. The van der Waals surface area contributed by atoms with Gasteiger partial charge in [-0.25, -0.2) is 0 Å². The van der Waals surface area contributed by atoms with Crippen LogP contribution in [0.2, 0.25) is 0 Å². The van der Waals surface area contributed by atoms with E-state index in [1.165, 1.54) is 0 Å². The van der Waals surface area contributed by atoms with Crippen molar-refractivity contribution in [3.63, 3.8) is 0 Å². The molecule has 4 nitrogen and oxygen atoms in total. The third-order valence-corrected chi connectivity index (χ3v) is 2.73. The van der Waals surface area contributed by atoms with E-state index in [1.807, 2.05) is 37.3 Å². The number of hydrogen-bond donors (Lipinski definition) is 2. The molecule has 2 N–H and O–H groups in total. The summed E-state index contributed by atoms with van der Waals surface area (Å²) in [7, 11) is 0. The fourth-order valence-electron chi connectivity index (χ4n) is 1.88. The number of nitrogens with zero attached hydrogens (tertiary/aromatic N) is 1. The number of aromatic nitrogens is 1. The first-order valence-corrected chi connectivity index (χ1v) is 5.42. The summed E-state index contributed by atoms with van der Waals surface area (Å²) in [6, 6.07) is 9.79. The lowest BCUT2D eigenvalue weighted by atomic mass is 10.1. The largest absolute Gasteiger partial charge is 0.358 e. The van der Waals surface area contributed by atoms with E-state index in [1.54, 1.807) is 0 Å². The summed E-state index contributed by atoms with van der Waals surface area (Å²) in [6.07, 6.45) is -0.0958. The Kier molecular flexibility index (Phi) is 3.10. The van der Waals surface area contributed by atoms with Crippen LogP contribution < -0.4 is 5.32 Å². The molecule has 0 spiro atoms. The van der Waals surface area contributed by atoms with E-state index in [0.717, 1.165) is 22.2 Å². The maximum Gasteiger partial charge on any atom is 0.234 e. The third kappa shape index (κ3) is 2.28. The van der Waals surface area contributed by atoms with Crippen molar-refractivity contribution >= 4 is 16.8 Å². The molecular weight excluding hydrogens is 214 g/mol. The molecule has 1 aromatic carbocycles. The number of H-pyrrole nitrogens is 1. The smallest absolute Gasteiger partial charge is 0.234 e. The van der Waals surface area contributed by atoms with Gasteiger partial charge in [0.25, 0.3) is 0 Å². The highest BCUT2D eigenvalue weighted by molar-refractivity contribution is 5.85. The number of carbonyl (C=O) groups is 1. The molecule has 0 atom stereocenters. The van der Waals surface area contributed by atoms with Gasteiger partial charge in [-0.3, -0.25) is 4.79 Å². The molecular formula is C13H13N3O. The Hall–Kier alpha value is -2.28. The van der Waals surface area contributed by atoms with E-state index in [2.05, 4.69) is 10.3 Å². The fourth-order valence-corrected chi connectivity index (χ4v) is 1.88. The van der Waals surface area contributed by atoms with Gasteiger partial charge in [0.1, 0.15) is 6.42 Å². The van der Waals surface area contributed by atoms with Crippen LogP contribution in [0.1, 0.15) is 17.7 Å². The summed E-state index contributed by atoms with van der Waals surface area (Å²) in [5, 5.41) is 12.3. The normalized spacial score (nSPS) is 10.1. The molecule has 2 aromatic rings. The summed E-state index contributed by atoms with van der Waals surface area (Å²) in [4.78, 5) is 14.5. The lowest BCUT2D eigenvalue weighted by molar-refractivity contribution is -0.120. The second kappa shape index (κ2) is 4.71. The Balaban J connectivity index is 2.21. The van der Waals surface area contributed by atoms with Crippen molar-refractivity contribution in [3.8, 4) is 6.07 Å². The molecule has 2 rings (SSSR count). The zero-order valence-electron chi connectivity index (χ0n) is 9.58. The Morgan fingerprint density at radius 2 is 2.24 bits per heavy atom. The SMILES string of the molecule is Cc1[nH]c2ccccc2c1CNC(=O)CC#N. The molecule has 4 heteroatoms. The van der Waals surface area contributed by atoms with Gasteiger partial charge >= 0.3 is 0 Å². The lowest BCUT2D eigenvalue weighted by Crippen LogP contribution is -2.22. The van der Waals surface area contributed by atoms with Gasteiger partial charge in [0.15, 0.2) is 0 Å². The Morgan fingerprint density at radius 3 is 3.00 bits per heavy atom. The van der Waals surface area contributed by atoms with Crippen LogP contribution in [-0.4, -0.2) is 10.9 Å². The second-order valence-electron chi connectivity index (χ2n) is 3.89. The molecule has 1 amide bonds. The molecule has 0 radical (unpaired) electrons. The first-order valence-electron chi connectivity index (χ1n) is 5.42. The highest BCUT2D eigenvalue weighted by Gasteiger charge is 2.08. The zero-order chi connectivity index (χ0) is 12.3. The fraction of sp³-hybridized carbons (Fsp3) is 0.231. The van der Waals surface area contributed by atoms with Gasteiger partial charge in [0, 0.05) is 23.1 Å². The van der Waals surface area contributed by atoms with Crippen molar-refractivity contribution in [1.29, 1.82) is 5.26 Å². The molecule has 0 bridgehead atoms. The molecule has 0 saturated carbocycles. The van der Waals surface area contributed by atoms with Crippen molar-refractivity contribution in [1.82, 2.24) is 10.3 Å². The van der Waals surface area contributed by atoms with Gasteiger partial charge in [-0.1, -0.05) is 18.2 Å². The molecule has 0 aliphatic rings. The number of aromatic amines is 1. The molecule has 0 unspecified atom stereocenters. The zero-order valence-corrected chi connectivity index (χ0v) is 9.58. The second-order valence-corrected chi connectivity index (χ2v) is 3.89. The van der Waals surface area contributed by atoms with Crippen LogP contribution in [0.5, 0.6) is 0 Å². The molecule has 0 saturated heterocycles. The molecule has 0 aliphatic heterocycles. The van der Waals surface area contributed by atoms with E-state index >= 15 is 0 Å². The van der Waals surface area contributed by atoms with Crippen LogP contribution in [-0.2, 0) is 11.3 Å². The summed E-state index contributed by atoms with van der Waals surface area (Å²) in [6.45, 7) is 2.43. The van der Waals surface area contributed by atoms with Crippen LogP contribution in [0, 0.1) is 18.3 Å². The maximum absolute atomic E-state index is 11.2. The molecule has 86 valence electrons. The first-order chi connectivity index (χ1) is 8.22. The van der Waals surface area contributed by atoms with Gasteiger partial charge in [-0.15, -0.1) is 0 Å². The van der Waals surface area contributed by atoms with Crippen molar-refractivity contribution in [3.05, 3.63) is 35.5 Å². The van der Waals surface area contributed by atoms with Gasteiger partial charge in [-0.05, 0) is 18.6 Å². The number of para-hydroxylation sites is 1. The molecule has 17 heavy (non-hydrogen) atoms. The van der Waals surface area contributed by atoms with Gasteiger partial charge < -0.3 is 10.3 Å². The highest BCUT2D eigenvalue weighted by Crippen LogP contribution is 2.21. The van der Waals surface area contributed by atoms with E-state index in [4.69, 9.17) is 5.26 Å². The summed E-state index contributed by atoms with van der Waals surface area (Å²) in [5.41, 5.74) is 3.19. The van der Waals surface area contributed by atoms with E-state index < -0.39 is 0 Å². The number of rotatable bonds is 3. The number of carbonyl (C=O) groups excluding carboxylic acids is 1. The standard InChI is InChI=1S/C13H13N3O/c1-9-11(8-15-13(17)6-7-14)10-4-2-3-5-12(10)16-9/h2-5,16H,6,8H2,1H3,(H,15,17). The Morgan fingerprint density at radius 1 is 1.47 bits per heavy atom. The molecule has 1 heterocycles. The van der Waals surface area contributed by atoms with Crippen LogP contribution in [0.4, 0.5) is 0 Å².